The molecule has 2 N–H and O–H groups in total. The van der Waals surface area contributed by atoms with Crippen LogP contribution in [0.2, 0.25) is 5.15 Å². The maximum Gasteiger partial charge on any atom is 0.228 e. The fraction of sp³-hybridized carbons (Fsp3) is 0.500. The van der Waals surface area contributed by atoms with Gasteiger partial charge in [0, 0.05) is 26.2 Å². The Balaban J connectivity index is 0.00000162. The van der Waals surface area contributed by atoms with E-state index in [0.717, 1.165) is 24.6 Å². The molecule has 2 rings (SSSR count). The Kier molecular flexibility index (Phi) is 4.98. The molecule has 1 aliphatic rings. The van der Waals surface area contributed by atoms with Crippen LogP contribution in [-0.4, -0.2) is 43.1 Å². The smallest absolute Gasteiger partial charge is 0.228 e. The van der Waals surface area contributed by atoms with Crippen molar-refractivity contribution in [1.29, 1.82) is 0 Å². The molecule has 18 heavy (non-hydrogen) atoms. The molecule has 0 amide bonds. The van der Waals surface area contributed by atoms with Gasteiger partial charge in [-0.05, 0) is 6.92 Å². The number of aliphatic imine (C=N–C) groups is 1. The van der Waals surface area contributed by atoms with Crippen molar-refractivity contribution in [3.63, 3.8) is 0 Å². The molecular formula is C10H16Cl2N6. The van der Waals surface area contributed by atoms with E-state index in [9.17, 15) is 0 Å². The molecule has 1 aliphatic heterocycles. The number of hydrogen-bond acceptors (Lipinski definition) is 6. The normalized spacial score (nSPS) is 13.4. The van der Waals surface area contributed by atoms with Gasteiger partial charge in [-0.15, -0.1) is 12.4 Å². The number of anilines is 2. The lowest BCUT2D eigenvalue weighted by Gasteiger charge is -2.15. The second-order valence-electron chi connectivity index (χ2n) is 3.96. The number of rotatable bonds is 2. The Hall–Kier alpha value is -1.27. The molecule has 0 aliphatic carbocycles. The van der Waals surface area contributed by atoms with Gasteiger partial charge in [0.2, 0.25) is 5.95 Å². The van der Waals surface area contributed by atoms with Gasteiger partial charge >= 0.3 is 0 Å². The highest BCUT2D eigenvalue weighted by Crippen LogP contribution is 2.22. The van der Waals surface area contributed by atoms with Gasteiger partial charge in [0.25, 0.3) is 0 Å². The number of nitrogens with one attached hydrogen (secondary N) is 2. The Bertz CT molecular complexity index is 460. The van der Waals surface area contributed by atoms with Crippen LogP contribution in [0.5, 0.6) is 0 Å². The molecule has 1 aromatic rings. The number of nitrogens with zero attached hydrogens (tertiary/aromatic N) is 4. The van der Waals surface area contributed by atoms with Crippen molar-refractivity contribution in [2.45, 2.75) is 6.92 Å². The van der Waals surface area contributed by atoms with Gasteiger partial charge in [0.1, 0.15) is 11.0 Å². The first-order valence-corrected chi connectivity index (χ1v) is 5.72. The third kappa shape index (κ3) is 3.14. The zero-order valence-corrected chi connectivity index (χ0v) is 12.1. The molecule has 0 unspecified atom stereocenters. The molecule has 6 nitrogen and oxygen atoms in total. The zero-order chi connectivity index (χ0) is 12.4. The van der Waals surface area contributed by atoms with Crippen LogP contribution in [0.15, 0.2) is 4.99 Å². The Morgan fingerprint density at radius 1 is 1.33 bits per heavy atom. The fourth-order valence-corrected chi connectivity index (χ4v) is 1.56. The van der Waals surface area contributed by atoms with Gasteiger partial charge in [0.15, 0.2) is 5.96 Å². The van der Waals surface area contributed by atoms with Gasteiger partial charge < -0.3 is 15.5 Å². The lowest BCUT2D eigenvalue weighted by atomic mass is 10.3. The Morgan fingerprint density at radius 3 is 2.61 bits per heavy atom. The summed E-state index contributed by atoms with van der Waals surface area (Å²) in [6.45, 7) is 3.50. The largest absolute Gasteiger partial charge is 0.354 e. The summed E-state index contributed by atoms with van der Waals surface area (Å²) in [5.41, 5.74) is 0.814. The molecule has 0 aromatic carbocycles. The summed E-state index contributed by atoms with van der Waals surface area (Å²) in [5.74, 6) is 1.98. The van der Waals surface area contributed by atoms with E-state index in [1.54, 1.807) is 4.90 Å². The number of halogens is 2. The van der Waals surface area contributed by atoms with E-state index in [-0.39, 0.29) is 12.4 Å². The molecule has 2 heterocycles. The molecule has 0 saturated carbocycles. The van der Waals surface area contributed by atoms with Crippen molar-refractivity contribution >= 4 is 41.7 Å². The van der Waals surface area contributed by atoms with E-state index in [2.05, 4.69) is 25.6 Å². The molecule has 8 heteroatoms. The van der Waals surface area contributed by atoms with Crippen LogP contribution in [0.4, 0.5) is 11.8 Å². The molecule has 1 aromatic heterocycles. The fourth-order valence-electron chi connectivity index (χ4n) is 1.39. The van der Waals surface area contributed by atoms with Gasteiger partial charge in [-0.1, -0.05) is 11.6 Å². The maximum absolute atomic E-state index is 6.07. The van der Waals surface area contributed by atoms with Crippen molar-refractivity contribution in [3.05, 3.63) is 10.7 Å². The van der Waals surface area contributed by atoms with Crippen molar-refractivity contribution in [3.8, 4) is 0 Å². The molecular weight excluding hydrogens is 275 g/mol. The average molecular weight is 291 g/mol. The number of hydrogen-bond donors (Lipinski definition) is 2. The van der Waals surface area contributed by atoms with Crippen molar-refractivity contribution in [1.82, 2.24) is 15.3 Å². The van der Waals surface area contributed by atoms with E-state index < -0.39 is 0 Å². The predicted octanol–water partition coefficient (Wildman–Crippen LogP) is 1.30. The second kappa shape index (κ2) is 6.06. The molecule has 0 fully saturated rings. The third-order valence-electron chi connectivity index (χ3n) is 2.39. The lowest BCUT2D eigenvalue weighted by Crippen LogP contribution is -2.27. The monoisotopic (exact) mass is 290 g/mol. The quantitative estimate of drug-likeness (QED) is 0.804. The summed E-state index contributed by atoms with van der Waals surface area (Å²) in [4.78, 5) is 14.6. The highest BCUT2D eigenvalue weighted by atomic mass is 35.5. The summed E-state index contributed by atoms with van der Waals surface area (Å²) in [7, 11) is 3.74. The predicted molar refractivity (Wildman–Crippen MR) is 77.3 cm³/mol. The van der Waals surface area contributed by atoms with Gasteiger partial charge in [-0.3, -0.25) is 4.99 Å². The first kappa shape index (κ1) is 14.8. The highest BCUT2D eigenvalue weighted by molar-refractivity contribution is 6.30. The number of aromatic nitrogens is 2. The summed E-state index contributed by atoms with van der Waals surface area (Å²) in [5, 5.41) is 6.69. The first-order valence-electron chi connectivity index (χ1n) is 5.34. The van der Waals surface area contributed by atoms with Gasteiger partial charge in [-0.25, -0.2) is 4.98 Å². The van der Waals surface area contributed by atoms with Crippen LogP contribution < -0.4 is 15.5 Å². The van der Waals surface area contributed by atoms with Crippen LogP contribution in [0.25, 0.3) is 0 Å². The average Bonchev–Trinajstić information content (AvgIpc) is 2.77. The molecule has 0 atom stereocenters. The summed E-state index contributed by atoms with van der Waals surface area (Å²) in [6.07, 6.45) is 0. The SMILES string of the molecule is Cc1c(Cl)nc(N(C)C)nc1NC1=NCCN1.Cl. The Morgan fingerprint density at radius 2 is 2.06 bits per heavy atom. The van der Waals surface area contributed by atoms with E-state index in [1.807, 2.05) is 21.0 Å². The number of guanidine groups is 1. The minimum absolute atomic E-state index is 0. The zero-order valence-electron chi connectivity index (χ0n) is 10.5. The first-order chi connectivity index (χ1) is 8.08. The van der Waals surface area contributed by atoms with Crippen LogP contribution in [-0.2, 0) is 0 Å². The van der Waals surface area contributed by atoms with E-state index >= 15 is 0 Å². The standard InChI is InChI=1S/C10H15ClN6.ClH/c1-6-7(11)14-10(17(2)3)16-8(6)15-9-12-4-5-13-9;/h4-5H2,1-3H3,(H2,12,13,14,15,16);1H. The van der Waals surface area contributed by atoms with Crippen LogP contribution >= 0.6 is 24.0 Å². The van der Waals surface area contributed by atoms with E-state index in [0.29, 0.717) is 16.9 Å². The minimum atomic E-state index is 0. The summed E-state index contributed by atoms with van der Waals surface area (Å²) < 4.78 is 0. The summed E-state index contributed by atoms with van der Waals surface area (Å²) >= 11 is 6.07. The summed E-state index contributed by atoms with van der Waals surface area (Å²) in [6, 6.07) is 0. The molecule has 100 valence electrons. The van der Waals surface area contributed by atoms with E-state index in [4.69, 9.17) is 11.6 Å². The lowest BCUT2D eigenvalue weighted by molar-refractivity contribution is 0.957. The van der Waals surface area contributed by atoms with Crippen LogP contribution in [0.3, 0.4) is 0 Å². The van der Waals surface area contributed by atoms with Crippen LogP contribution in [0.1, 0.15) is 5.56 Å². The molecule has 0 spiro atoms. The third-order valence-corrected chi connectivity index (χ3v) is 2.75. The Labute approximate surface area is 117 Å². The van der Waals surface area contributed by atoms with Crippen molar-refractivity contribution in [2.24, 2.45) is 4.99 Å². The molecule has 0 saturated heterocycles. The highest BCUT2D eigenvalue weighted by Gasteiger charge is 2.13. The van der Waals surface area contributed by atoms with Crippen molar-refractivity contribution in [2.75, 3.05) is 37.4 Å². The van der Waals surface area contributed by atoms with E-state index in [1.165, 1.54) is 0 Å². The van der Waals surface area contributed by atoms with Crippen molar-refractivity contribution < 1.29 is 0 Å². The molecule has 0 bridgehead atoms. The molecule has 0 radical (unpaired) electrons. The second-order valence-corrected chi connectivity index (χ2v) is 4.32. The van der Waals surface area contributed by atoms with Crippen LogP contribution in [0, 0.1) is 6.92 Å². The van der Waals surface area contributed by atoms with Gasteiger partial charge in [-0.2, -0.15) is 4.98 Å². The minimum Gasteiger partial charge on any atom is -0.354 e. The van der Waals surface area contributed by atoms with Gasteiger partial charge in [0.05, 0.1) is 6.54 Å². The maximum atomic E-state index is 6.07. The topological polar surface area (TPSA) is 65.4 Å².